The Hall–Kier alpha value is -0.130. The van der Waals surface area contributed by atoms with Crippen LogP contribution < -0.4 is 0 Å². The van der Waals surface area contributed by atoms with Gasteiger partial charge in [-0.25, -0.2) is 0 Å². The van der Waals surface area contributed by atoms with Crippen LogP contribution in [0, 0.1) is 0 Å². The number of hydrogen-bond donors (Lipinski definition) is 0. The molecule has 0 bridgehead atoms. The fourth-order valence-electron chi connectivity index (χ4n) is 1.51. The molecule has 88 valence electrons. The highest BCUT2D eigenvalue weighted by atomic mass is 79.9. The normalized spacial score (nSPS) is 21.3. The number of alkyl halides is 1. The molecule has 1 amide bonds. The predicted molar refractivity (Wildman–Crippen MR) is 61.2 cm³/mol. The molecule has 0 aromatic rings. The molecule has 0 aromatic carbocycles. The van der Waals surface area contributed by atoms with E-state index in [9.17, 15) is 4.79 Å². The highest BCUT2D eigenvalue weighted by Gasteiger charge is 2.26. The van der Waals surface area contributed by atoms with E-state index in [1.54, 1.807) is 0 Å². The van der Waals surface area contributed by atoms with Crippen LogP contribution in [0.25, 0.3) is 0 Å². The van der Waals surface area contributed by atoms with Crippen molar-refractivity contribution in [2.75, 3.05) is 38.2 Å². The zero-order chi connectivity index (χ0) is 11.1. The van der Waals surface area contributed by atoms with Gasteiger partial charge in [0.05, 0.1) is 19.8 Å². The lowest BCUT2D eigenvalue weighted by Crippen LogP contribution is -2.45. The maximum atomic E-state index is 11.9. The molecule has 1 aliphatic rings. The standard InChI is InChI=1S/C10H18BrNO3/c1-2-12(5-3-4-11)10(13)9-8-14-6-7-15-9/h9H,2-8H2,1H3. The van der Waals surface area contributed by atoms with E-state index in [4.69, 9.17) is 9.47 Å². The third kappa shape index (κ3) is 4.09. The van der Waals surface area contributed by atoms with Crippen LogP contribution >= 0.6 is 15.9 Å². The summed E-state index contributed by atoms with van der Waals surface area (Å²) in [6, 6.07) is 0. The zero-order valence-electron chi connectivity index (χ0n) is 9.08. The summed E-state index contributed by atoms with van der Waals surface area (Å²) in [5.41, 5.74) is 0. The Bertz CT molecular complexity index is 195. The summed E-state index contributed by atoms with van der Waals surface area (Å²) in [7, 11) is 0. The van der Waals surface area contributed by atoms with Crippen LogP contribution in [-0.2, 0) is 14.3 Å². The summed E-state index contributed by atoms with van der Waals surface area (Å²) >= 11 is 3.36. The molecule has 0 radical (unpaired) electrons. The molecular formula is C10H18BrNO3. The largest absolute Gasteiger partial charge is 0.376 e. The number of ether oxygens (including phenoxy) is 2. The Labute approximate surface area is 99.0 Å². The number of halogens is 1. The van der Waals surface area contributed by atoms with Gasteiger partial charge in [-0.05, 0) is 13.3 Å². The minimum absolute atomic E-state index is 0.0538. The van der Waals surface area contributed by atoms with Crippen LogP contribution in [0.2, 0.25) is 0 Å². The predicted octanol–water partition coefficient (Wildman–Crippen LogP) is 1.04. The Balaban J connectivity index is 2.40. The van der Waals surface area contributed by atoms with Crippen LogP contribution in [0.4, 0.5) is 0 Å². The van der Waals surface area contributed by atoms with Gasteiger partial charge in [-0.3, -0.25) is 4.79 Å². The summed E-state index contributed by atoms with van der Waals surface area (Å²) < 4.78 is 10.6. The van der Waals surface area contributed by atoms with Crippen molar-refractivity contribution in [2.45, 2.75) is 19.4 Å². The molecule has 4 nitrogen and oxygen atoms in total. The van der Waals surface area contributed by atoms with Crippen molar-refractivity contribution >= 4 is 21.8 Å². The van der Waals surface area contributed by atoms with Crippen LogP contribution in [0.3, 0.4) is 0 Å². The number of carbonyl (C=O) groups excluding carboxylic acids is 1. The van der Waals surface area contributed by atoms with Gasteiger partial charge in [0.15, 0.2) is 6.10 Å². The molecule has 0 aromatic heterocycles. The van der Waals surface area contributed by atoms with Crippen molar-refractivity contribution in [2.24, 2.45) is 0 Å². The quantitative estimate of drug-likeness (QED) is 0.706. The monoisotopic (exact) mass is 279 g/mol. The molecule has 1 rings (SSSR count). The lowest BCUT2D eigenvalue weighted by Gasteiger charge is -2.28. The first-order valence-corrected chi connectivity index (χ1v) is 6.45. The van der Waals surface area contributed by atoms with E-state index in [1.165, 1.54) is 0 Å². The smallest absolute Gasteiger partial charge is 0.254 e. The SMILES string of the molecule is CCN(CCCBr)C(=O)C1COCCO1. The third-order valence-electron chi connectivity index (χ3n) is 2.35. The Kier molecular flexibility index (Phi) is 6.20. The molecule has 1 heterocycles. The van der Waals surface area contributed by atoms with E-state index in [1.807, 2.05) is 11.8 Å². The van der Waals surface area contributed by atoms with E-state index >= 15 is 0 Å². The van der Waals surface area contributed by atoms with Crippen molar-refractivity contribution in [1.29, 1.82) is 0 Å². The first-order valence-electron chi connectivity index (χ1n) is 5.33. The van der Waals surface area contributed by atoms with Gasteiger partial charge < -0.3 is 14.4 Å². The molecule has 0 saturated carbocycles. The van der Waals surface area contributed by atoms with Crippen molar-refractivity contribution in [3.05, 3.63) is 0 Å². The van der Waals surface area contributed by atoms with Crippen molar-refractivity contribution in [3.8, 4) is 0 Å². The summed E-state index contributed by atoms with van der Waals surface area (Å²) in [6.07, 6.45) is 0.571. The van der Waals surface area contributed by atoms with E-state index in [0.717, 1.165) is 24.8 Å². The Morgan fingerprint density at radius 3 is 2.87 bits per heavy atom. The van der Waals surface area contributed by atoms with E-state index in [-0.39, 0.29) is 5.91 Å². The highest BCUT2D eigenvalue weighted by molar-refractivity contribution is 9.09. The summed E-state index contributed by atoms with van der Waals surface area (Å²) in [6.45, 7) is 5.00. The maximum absolute atomic E-state index is 11.9. The maximum Gasteiger partial charge on any atom is 0.254 e. The lowest BCUT2D eigenvalue weighted by molar-refractivity contribution is -0.157. The van der Waals surface area contributed by atoms with Gasteiger partial charge in [0.2, 0.25) is 0 Å². The first kappa shape index (κ1) is 12.9. The van der Waals surface area contributed by atoms with E-state index in [2.05, 4.69) is 15.9 Å². The Morgan fingerprint density at radius 2 is 2.33 bits per heavy atom. The summed E-state index contributed by atoms with van der Waals surface area (Å²) in [5.74, 6) is 0.0538. The minimum Gasteiger partial charge on any atom is -0.376 e. The summed E-state index contributed by atoms with van der Waals surface area (Å²) in [4.78, 5) is 13.8. The molecule has 5 heteroatoms. The van der Waals surface area contributed by atoms with Crippen molar-refractivity contribution in [1.82, 2.24) is 4.90 Å². The van der Waals surface area contributed by atoms with E-state index in [0.29, 0.717) is 19.8 Å². The molecular weight excluding hydrogens is 262 g/mol. The van der Waals surface area contributed by atoms with Gasteiger partial charge in [-0.2, -0.15) is 0 Å². The van der Waals surface area contributed by atoms with Gasteiger partial charge in [0.25, 0.3) is 5.91 Å². The molecule has 1 unspecified atom stereocenters. The van der Waals surface area contributed by atoms with Crippen LogP contribution in [0.5, 0.6) is 0 Å². The van der Waals surface area contributed by atoms with Crippen molar-refractivity contribution in [3.63, 3.8) is 0 Å². The summed E-state index contributed by atoms with van der Waals surface area (Å²) in [5, 5.41) is 0.915. The average molecular weight is 280 g/mol. The molecule has 0 spiro atoms. The molecule has 0 N–H and O–H groups in total. The average Bonchev–Trinajstić information content (AvgIpc) is 2.31. The third-order valence-corrected chi connectivity index (χ3v) is 2.91. The molecule has 1 aliphatic heterocycles. The second kappa shape index (κ2) is 7.19. The second-order valence-corrected chi connectivity index (χ2v) is 4.19. The molecule has 1 fully saturated rings. The molecule has 1 saturated heterocycles. The van der Waals surface area contributed by atoms with Gasteiger partial charge in [-0.1, -0.05) is 15.9 Å². The highest BCUT2D eigenvalue weighted by Crippen LogP contribution is 2.06. The van der Waals surface area contributed by atoms with Crippen LogP contribution in [-0.4, -0.2) is 55.2 Å². The second-order valence-electron chi connectivity index (χ2n) is 3.39. The van der Waals surface area contributed by atoms with Gasteiger partial charge in [0, 0.05) is 18.4 Å². The zero-order valence-corrected chi connectivity index (χ0v) is 10.7. The number of nitrogens with zero attached hydrogens (tertiary/aromatic N) is 1. The fraction of sp³-hybridized carbons (Fsp3) is 0.900. The van der Waals surface area contributed by atoms with Crippen LogP contribution in [0.15, 0.2) is 0 Å². The van der Waals surface area contributed by atoms with E-state index < -0.39 is 6.10 Å². The number of carbonyl (C=O) groups is 1. The fourth-order valence-corrected chi connectivity index (χ4v) is 1.76. The number of amides is 1. The Morgan fingerprint density at radius 1 is 1.53 bits per heavy atom. The van der Waals surface area contributed by atoms with Gasteiger partial charge in [-0.15, -0.1) is 0 Å². The number of hydrogen-bond acceptors (Lipinski definition) is 3. The molecule has 0 aliphatic carbocycles. The van der Waals surface area contributed by atoms with Crippen LogP contribution in [0.1, 0.15) is 13.3 Å². The lowest BCUT2D eigenvalue weighted by atomic mass is 10.3. The first-order chi connectivity index (χ1) is 7.29. The number of likely N-dealkylation sites (N-methyl/N-ethyl adjacent to an activating group) is 1. The van der Waals surface area contributed by atoms with Crippen molar-refractivity contribution < 1.29 is 14.3 Å². The molecule has 1 atom stereocenters. The van der Waals surface area contributed by atoms with Gasteiger partial charge in [0.1, 0.15) is 0 Å². The molecule has 15 heavy (non-hydrogen) atoms. The topological polar surface area (TPSA) is 38.8 Å². The minimum atomic E-state index is -0.394. The number of rotatable bonds is 5. The van der Waals surface area contributed by atoms with Gasteiger partial charge >= 0.3 is 0 Å².